The van der Waals surface area contributed by atoms with E-state index in [1.165, 1.54) is 27.8 Å². The highest BCUT2D eigenvalue weighted by atomic mass is 16.5. The molecule has 2 atom stereocenters. The summed E-state index contributed by atoms with van der Waals surface area (Å²) in [4.78, 5) is 4.76. The Kier molecular flexibility index (Phi) is 11.0. The first-order chi connectivity index (χ1) is 38.7. The molecule has 0 radical (unpaired) electrons. The van der Waals surface area contributed by atoms with Gasteiger partial charge in [-0.25, -0.2) is 0 Å². The quantitative estimate of drug-likeness (QED) is 0.128. The summed E-state index contributed by atoms with van der Waals surface area (Å²) in [5.74, 6) is 1.06. The maximum Gasteiger partial charge on any atom is 0.159 e. The molecule has 4 heteroatoms. The van der Waals surface area contributed by atoms with E-state index in [-0.39, 0.29) is 12.0 Å². The van der Waals surface area contributed by atoms with Crippen LogP contribution in [0, 0.1) is 0 Å². The third-order valence-electron chi connectivity index (χ3n) is 15.8. The van der Waals surface area contributed by atoms with Crippen LogP contribution in [0.15, 0.2) is 296 Å². The number of allylic oxidation sites excluding steroid dienone is 2. The molecule has 2 heterocycles. The zero-order chi connectivity index (χ0) is 51.5. The molecule has 2 unspecified atom stereocenters. The summed E-state index contributed by atoms with van der Waals surface area (Å²) in [6.07, 6.45) is 8.62. The van der Waals surface area contributed by atoms with Crippen LogP contribution in [-0.2, 0) is 0 Å². The molecule has 0 bridgehead atoms. The normalized spacial score (nSPS) is 14.4. The van der Waals surface area contributed by atoms with Gasteiger partial charge in [-0.3, -0.25) is 0 Å². The van der Waals surface area contributed by atoms with Crippen molar-refractivity contribution in [1.29, 1.82) is 0 Å². The Bertz CT molecular complexity index is 4450. The number of benzene rings is 12. The van der Waals surface area contributed by atoms with E-state index in [4.69, 9.17) is 9.15 Å². The minimum atomic E-state index is -0.0596. The average Bonchev–Trinajstić information content (AvgIpc) is 4.23. The fourth-order valence-electron chi connectivity index (χ4n) is 12.2. The molecular weight excluding hydrogens is 949 g/mol. The number of fused-ring (bicyclic) bond motifs is 8. The number of hydrogen-bond donors (Lipinski definition) is 0. The Morgan fingerprint density at radius 1 is 0.308 bits per heavy atom. The molecule has 0 saturated carbocycles. The summed E-state index contributed by atoms with van der Waals surface area (Å²) >= 11 is 0. The number of hydrogen-bond acceptors (Lipinski definition) is 4. The minimum Gasteiger partial charge on any atom is -0.483 e. The largest absolute Gasteiger partial charge is 0.483 e. The van der Waals surface area contributed by atoms with Crippen molar-refractivity contribution in [2.45, 2.75) is 12.0 Å². The summed E-state index contributed by atoms with van der Waals surface area (Å²) in [6, 6.07) is 96.4. The van der Waals surface area contributed by atoms with Crippen LogP contribution in [0.2, 0.25) is 0 Å². The van der Waals surface area contributed by atoms with E-state index in [9.17, 15) is 0 Å². The molecule has 12 aromatic carbocycles. The summed E-state index contributed by atoms with van der Waals surface area (Å²) in [5.41, 5.74) is 18.3. The highest BCUT2D eigenvalue weighted by molar-refractivity contribution is 6.23. The lowest BCUT2D eigenvalue weighted by Gasteiger charge is -2.29. The van der Waals surface area contributed by atoms with Gasteiger partial charge in [-0.05, 0) is 139 Å². The monoisotopic (exact) mass is 998 g/mol. The van der Waals surface area contributed by atoms with Crippen LogP contribution in [0.3, 0.4) is 0 Å². The number of furan rings is 1. The van der Waals surface area contributed by atoms with Crippen LogP contribution in [0.1, 0.15) is 11.5 Å². The van der Waals surface area contributed by atoms with Gasteiger partial charge in [0.2, 0.25) is 0 Å². The number of nitrogens with zero attached hydrogens (tertiary/aromatic N) is 2. The zero-order valence-corrected chi connectivity index (χ0v) is 42.6. The van der Waals surface area contributed by atoms with Gasteiger partial charge in [0.25, 0.3) is 0 Å². The molecule has 0 fully saturated rings. The predicted octanol–water partition coefficient (Wildman–Crippen LogP) is 20.5. The summed E-state index contributed by atoms with van der Waals surface area (Å²) in [7, 11) is 0. The smallest absolute Gasteiger partial charge is 0.159 e. The van der Waals surface area contributed by atoms with Crippen molar-refractivity contribution in [3.05, 3.63) is 297 Å². The van der Waals surface area contributed by atoms with Crippen LogP contribution in [-0.4, -0.2) is 6.10 Å². The second-order valence-electron chi connectivity index (χ2n) is 20.3. The molecule has 1 aromatic heterocycles. The van der Waals surface area contributed by atoms with Gasteiger partial charge in [-0.2, -0.15) is 0 Å². The first-order valence-corrected chi connectivity index (χ1v) is 26.8. The Hall–Kier alpha value is -10.2. The standard InChI is InChI=1S/C74H50N2O2/c1-5-19-49(20-6-1)51-35-39-55(40-36-51)75(67-31-17-29-63-59-27-13-15-33-69(59)77-73(63)67)57-43-45-61-65(47-57)71(53-23-9-3-10-24-53)62-46-44-58(48-66(62)72(61)54-25-11-4-12-26-54)76(56-41-37-52(38-42-56)50-21-7-2-8-22-50)68-32-18-30-64-60-28-14-16-34-70(60)78-74(64)68/h1-48,59,69H. The zero-order valence-electron chi connectivity index (χ0n) is 42.6. The van der Waals surface area contributed by atoms with Crippen molar-refractivity contribution in [3.63, 3.8) is 0 Å². The highest BCUT2D eigenvalue weighted by Crippen LogP contribution is 2.53. The fraction of sp³-hybridized carbons (Fsp3) is 0.0270. The SMILES string of the molecule is C1=CC2Oc3c(cccc3N(c3ccc(-c4ccccc4)cc3)c3ccc4c(-c5ccccc5)c5cc(N(c6ccc(-c7ccccc7)cc6)c6cccc7c6oc6ccccc67)ccc5c(-c5ccccc5)c4c3)C2C=C1. The Morgan fingerprint density at radius 3 is 1.33 bits per heavy atom. The van der Waals surface area contributed by atoms with Gasteiger partial charge in [0.15, 0.2) is 5.58 Å². The number of para-hydroxylation sites is 3. The molecule has 0 N–H and O–H groups in total. The van der Waals surface area contributed by atoms with E-state index in [1.54, 1.807) is 0 Å². The molecular formula is C74H50N2O2. The Balaban J connectivity index is 0.977. The number of anilines is 6. The number of ether oxygens (including phenoxy) is 1. The lowest BCUT2D eigenvalue weighted by atomic mass is 9.85. The predicted molar refractivity (Wildman–Crippen MR) is 325 cm³/mol. The van der Waals surface area contributed by atoms with E-state index in [0.717, 1.165) is 106 Å². The first kappa shape index (κ1) is 45.3. The van der Waals surface area contributed by atoms with Gasteiger partial charge in [0.1, 0.15) is 17.4 Å². The molecule has 0 amide bonds. The molecule has 2 aliphatic rings. The van der Waals surface area contributed by atoms with Gasteiger partial charge >= 0.3 is 0 Å². The van der Waals surface area contributed by atoms with Crippen LogP contribution < -0.4 is 14.5 Å². The van der Waals surface area contributed by atoms with Crippen molar-refractivity contribution >= 4 is 77.6 Å². The molecule has 0 spiro atoms. The van der Waals surface area contributed by atoms with Gasteiger partial charge < -0.3 is 19.0 Å². The second kappa shape index (κ2) is 18.9. The Labute approximate surface area is 453 Å². The minimum absolute atomic E-state index is 0.0596. The lowest BCUT2D eigenvalue weighted by Crippen LogP contribution is -2.16. The van der Waals surface area contributed by atoms with Crippen molar-refractivity contribution in [2.24, 2.45) is 0 Å². The summed E-state index contributed by atoms with van der Waals surface area (Å²) < 4.78 is 13.8. The molecule has 0 saturated heterocycles. The summed E-state index contributed by atoms with van der Waals surface area (Å²) in [6.45, 7) is 0. The topological polar surface area (TPSA) is 28.9 Å². The third kappa shape index (κ3) is 7.68. The van der Waals surface area contributed by atoms with E-state index in [2.05, 4.69) is 295 Å². The van der Waals surface area contributed by atoms with Crippen molar-refractivity contribution in [3.8, 4) is 50.3 Å². The molecule has 1 aliphatic carbocycles. The molecule has 15 rings (SSSR count). The van der Waals surface area contributed by atoms with E-state index in [0.29, 0.717) is 0 Å². The molecule has 1 aliphatic heterocycles. The van der Waals surface area contributed by atoms with E-state index in [1.807, 2.05) is 6.07 Å². The first-order valence-electron chi connectivity index (χ1n) is 26.8. The maximum atomic E-state index is 6.94. The number of rotatable bonds is 10. The fourth-order valence-corrected chi connectivity index (χ4v) is 12.2. The van der Waals surface area contributed by atoms with Crippen molar-refractivity contribution in [2.75, 3.05) is 9.80 Å². The van der Waals surface area contributed by atoms with Gasteiger partial charge in [-0.15, -0.1) is 0 Å². The van der Waals surface area contributed by atoms with Crippen molar-refractivity contribution < 1.29 is 9.15 Å². The van der Waals surface area contributed by atoms with Gasteiger partial charge in [0.05, 0.1) is 11.4 Å². The van der Waals surface area contributed by atoms with Gasteiger partial charge in [-0.1, -0.05) is 218 Å². The van der Waals surface area contributed by atoms with Gasteiger partial charge in [0, 0.05) is 45.0 Å². The third-order valence-corrected chi connectivity index (χ3v) is 15.8. The van der Waals surface area contributed by atoms with Crippen LogP contribution in [0.4, 0.5) is 34.1 Å². The van der Waals surface area contributed by atoms with Crippen molar-refractivity contribution in [1.82, 2.24) is 0 Å². The van der Waals surface area contributed by atoms with Crippen LogP contribution >= 0.6 is 0 Å². The molecule has 13 aromatic rings. The van der Waals surface area contributed by atoms with Crippen LogP contribution in [0.25, 0.3) is 88.0 Å². The van der Waals surface area contributed by atoms with E-state index < -0.39 is 0 Å². The molecule has 78 heavy (non-hydrogen) atoms. The molecule has 4 nitrogen and oxygen atoms in total. The van der Waals surface area contributed by atoms with Crippen LogP contribution in [0.5, 0.6) is 5.75 Å². The average molecular weight is 999 g/mol. The maximum absolute atomic E-state index is 6.94. The summed E-state index contributed by atoms with van der Waals surface area (Å²) in [5, 5.41) is 6.77. The molecule has 368 valence electrons. The highest BCUT2D eigenvalue weighted by Gasteiger charge is 2.35. The second-order valence-corrected chi connectivity index (χ2v) is 20.3. The lowest BCUT2D eigenvalue weighted by molar-refractivity contribution is 0.269. The Morgan fingerprint density at radius 2 is 0.756 bits per heavy atom. The van der Waals surface area contributed by atoms with E-state index >= 15 is 0 Å².